The molecule has 0 aliphatic carbocycles. The summed E-state index contributed by atoms with van der Waals surface area (Å²) in [5.41, 5.74) is 8.47. The molecule has 3 N–H and O–H groups in total. The number of hydrogen-bond donors (Lipinski definition) is 2. The molecule has 0 aliphatic heterocycles. The van der Waals surface area contributed by atoms with E-state index in [-0.39, 0.29) is 0 Å². The number of aryl methyl sites for hydroxylation is 3. The molecule has 0 fully saturated rings. The van der Waals surface area contributed by atoms with Gasteiger partial charge in [-0.2, -0.15) is 0 Å². The van der Waals surface area contributed by atoms with Crippen LogP contribution < -0.4 is 10.5 Å². The lowest BCUT2D eigenvalue weighted by Crippen LogP contribution is -2.28. The van der Waals surface area contributed by atoms with Crippen molar-refractivity contribution in [3.05, 3.63) is 28.8 Å². The molecule has 4 heteroatoms. The molecule has 0 saturated carbocycles. The average Bonchev–Trinajstić information content (AvgIpc) is 2.26. The summed E-state index contributed by atoms with van der Waals surface area (Å²) in [5.74, 6) is -0.271. The Kier molecular flexibility index (Phi) is 5.16. The first kappa shape index (κ1) is 14.5. The first-order valence-corrected chi connectivity index (χ1v) is 6.13. The normalized spacial score (nSPS) is 12.2. The van der Waals surface area contributed by atoms with E-state index in [1.807, 2.05) is 32.9 Å². The summed E-state index contributed by atoms with van der Waals surface area (Å²) in [5, 5.41) is 9.13. The molecule has 0 aromatic heterocycles. The standard InChI is InChI=1S/C14H21NO3/c1-9-7-10(2)13(11(3)8-9)18-12(14(16)17)5-4-6-15/h7-8,12H,4-6,15H2,1-3H3,(H,16,17). The molecule has 1 aromatic rings. The smallest absolute Gasteiger partial charge is 0.344 e. The Bertz CT molecular complexity index is 406. The Morgan fingerprint density at radius 3 is 2.33 bits per heavy atom. The molecule has 0 aliphatic rings. The highest BCUT2D eigenvalue weighted by molar-refractivity contribution is 5.72. The molecule has 100 valence electrons. The second-order valence-corrected chi connectivity index (χ2v) is 4.60. The molecule has 4 nitrogen and oxygen atoms in total. The van der Waals surface area contributed by atoms with Crippen LogP contribution in [0.1, 0.15) is 29.5 Å². The van der Waals surface area contributed by atoms with Gasteiger partial charge >= 0.3 is 5.97 Å². The van der Waals surface area contributed by atoms with E-state index in [1.54, 1.807) is 0 Å². The fourth-order valence-corrected chi connectivity index (χ4v) is 2.03. The van der Waals surface area contributed by atoms with Crippen molar-refractivity contribution >= 4 is 5.97 Å². The molecule has 1 rings (SSSR count). The van der Waals surface area contributed by atoms with E-state index in [1.165, 1.54) is 0 Å². The Morgan fingerprint density at radius 2 is 1.89 bits per heavy atom. The maximum absolute atomic E-state index is 11.1. The van der Waals surface area contributed by atoms with Crippen molar-refractivity contribution in [1.29, 1.82) is 0 Å². The molecule has 1 aromatic carbocycles. The topological polar surface area (TPSA) is 72.5 Å². The van der Waals surface area contributed by atoms with Crippen LogP contribution in [0.3, 0.4) is 0 Å². The molecule has 0 heterocycles. The molecule has 0 saturated heterocycles. The van der Waals surface area contributed by atoms with E-state index >= 15 is 0 Å². The quantitative estimate of drug-likeness (QED) is 0.812. The zero-order valence-corrected chi connectivity index (χ0v) is 11.2. The van der Waals surface area contributed by atoms with Crippen molar-refractivity contribution in [1.82, 2.24) is 0 Å². The molecular formula is C14H21NO3. The minimum Gasteiger partial charge on any atom is -0.479 e. The summed E-state index contributed by atoms with van der Waals surface area (Å²) in [4.78, 5) is 11.1. The van der Waals surface area contributed by atoms with Crippen LogP contribution in [-0.4, -0.2) is 23.7 Å². The van der Waals surface area contributed by atoms with E-state index in [4.69, 9.17) is 15.6 Å². The molecular weight excluding hydrogens is 230 g/mol. The van der Waals surface area contributed by atoms with Crippen molar-refractivity contribution in [2.24, 2.45) is 5.73 Å². The maximum atomic E-state index is 11.1. The van der Waals surface area contributed by atoms with Crippen molar-refractivity contribution in [2.75, 3.05) is 6.54 Å². The fraction of sp³-hybridized carbons (Fsp3) is 0.500. The summed E-state index contributed by atoms with van der Waals surface area (Å²) in [7, 11) is 0. The number of carbonyl (C=O) groups is 1. The third kappa shape index (κ3) is 3.74. The van der Waals surface area contributed by atoms with E-state index in [0.29, 0.717) is 25.1 Å². The molecule has 1 atom stereocenters. The molecule has 0 spiro atoms. The van der Waals surface area contributed by atoms with Crippen molar-refractivity contribution in [3.8, 4) is 5.75 Å². The van der Waals surface area contributed by atoms with E-state index in [2.05, 4.69) is 0 Å². The first-order chi connectivity index (χ1) is 8.45. The Hall–Kier alpha value is -1.55. The van der Waals surface area contributed by atoms with E-state index in [9.17, 15) is 4.79 Å². The highest BCUT2D eigenvalue weighted by atomic mass is 16.5. The number of ether oxygens (including phenoxy) is 1. The summed E-state index contributed by atoms with van der Waals surface area (Å²) in [6, 6.07) is 3.98. The number of carboxylic acids is 1. The van der Waals surface area contributed by atoms with E-state index in [0.717, 1.165) is 16.7 Å². The minimum atomic E-state index is -0.942. The molecule has 0 amide bonds. The van der Waals surface area contributed by atoms with Crippen LogP contribution in [0.4, 0.5) is 0 Å². The number of carboxylic acid groups (broad SMARTS) is 1. The van der Waals surface area contributed by atoms with Gasteiger partial charge in [-0.15, -0.1) is 0 Å². The Morgan fingerprint density at radius 1 is 1.33 bits per heavy atom. The Labute approximate surface area is 108 Å². The van der Waals surface area contributed by atoms with Crippen LogP contribution >= 0.6 is 0 Å². The number of aliphatic carboxylic acids is 1. The van der Waals surface area contributed by atoms with Crippen molar-refractivity contribution in [2.45, 2.75) is 39.7 Å². The summed E-state index contributed by atoms with van der Waals surface area (Å²) in [6.07, 6.45) is 0.244. The zero-order valence-electron chi connectivity index (χ0n) is 11.2. The van der Waals surface area contributed by atoms with Crippen LogP contribution in [0.15, 0.2) is 12.1 Å². The predicted octanol–water partition coefficient (Wildman–Crippen LogP) is 2.18. The average molecular weight is 251 g/mol. The van der Waals surface area contributed by atoms with Crippen LogP contribution in [0.5, 0.6) is 5.75 Å². The van der Waals surface area contributed by atoms with Gasteiger partial charge in [-0.3, -0.25) is 0 Å². The summed E-state index contributed by atoms with van der Waals surface area (Å²) >= 11 is 0. The lowest BCUT2D eigenvalue weighted by atomic mass is 10.1. The van der Waals surface area contributed by atoms with Gasteiger partial charge in [0, 0.05) is 0 Å². The lowest BCUT2D eigenvalue weighted by molar-refractivity contribution is -0.145. The highest BCUT2D eigenvalue weighted by Crippen LogP contribution is 2.26. The molecule has 0 bridgehead atoms. The largest absolute Gasteiger partial charge is 0.479 e. The number of benzene rings is 1. The first-order valence-electron chi connectivity index (χ1n) is 6.13. The predicted molar refractivity (Wildman–Crippen MR) is 71.0 cm³/mol. The van der Waals surface area contributed by atoms with Gasteiger partial charge in [0.15, 0.2) is 6.10 Å². The molecule has 18 heavy (non-hydrogen) atoms. The Balaban J connectivity index is 2.90. The van der Waals surface area contributed by atoms with Crippen LogP contribution in [0.25, 0.3) is 0 Å². The minimum absolute atomic E-state index is 0.429. The zero-order chi connectivity index (χ0) is 13.7. The third-order valence-electron chi connectivity index (χ3n) is 2.81. The van der Waals surface area contributed by atoms with Crippen LogP contribution in [0.2, 0.25) is 0 Å². The second kappa shape index (κ2) is 6.40. The van der Waals surface area contributed by atoms with Gasteiger partial charge in [0.2, 0.25) is 0 Å². The highest BCUT2D eigenvalue weighted by Gasteiger charge is 2.20. The van der Waals surface area contributed by atoms with Gasteiger partial charge in [0.1, 0.15) is 5.75 Å². The van der Waals surface area contributed by atoms with Crippen molar-refractivity contribution in [3.63, 3.8) is 0 Å². The lowest BCUT2D eigenvalue weighted by Gasteiger charge is -2.18. The van der Waals surface area contributed by atoms with Crippen LogP contribution in [0, 0.1) is 20.8 Å². The fourth-order valence-electron chi connectivity index (χ4n) is 2.03. The third-order valence-corrected chi connectivity index (χ3v) is 2.81. The van der Waals surface area contributed by atoms with Gasteiger partial charge in [-0.1, -0.05) is 17.7 Å². The molecule has 0 radical (unpaired) electrons. The van der Waals surface area contributed by atoms with Gasteiger partial charge in [-0.25, -0.2) is 4.79 Å². The van der Waals surface area contributed by atoms with Gasteiger partial charge in [0.25, 0.3) is 0 Å². The SMILES string of the molecule is Cc1cc(C)c(OC(CCCN)C(=O)O)c(C)c1. The van der Waals surface area contributed by atoms with Gasteiger partial charge < -0.3 is 15.6 Å². The second-order valence-electron chi connectivity index (χ2n) is 4.60. The van der Waals surface area contributed by atoms with Crippen molar-refractivity contribution < 1.29 is 14.6 Å². The maximum Gasteiger partial charge on any atom is 0.344 e. The number of rotatable bonds is 6. The van der Waals surface area contributed by atoms with Gasteiger partial charge in [0.05, 0.1) is 0 Å². The number of nitrogens with two attached hydrogens (primary N) is 1. The summed E-state index contributed by atoms with van der Waals surface area (Å²) < 4.78 is 5.64. The van der Waals surface area contributed by atoms with Crippen LogP contribution in [-0.2, 0) is 4.79 Å². The summed E-state index contributed by atoms with van der Waals surface area (Å²) in [6.45, 7) is 6.33. The number of hydrogen-bond acceptors (Lipinski definition) is 3. The van der Waals surface area contributed by atoms with Gasteiger partial charge in [-0.05, 0) is 51.3 Å². The van der Waals surface area contributed by atoms with E-state index < -0.39 is 12.1 Å². The molecule has 1 unspecified atom stereocenters. The monoisotopic (exact) mass is 251 g/mol.